The number of hydrogen-bond donors (Lipinski definition) is 3. The minimum atomic E-state index is -3.72. The van der Waals surface area contributed by atoms with Crippen LogP contribution >= 0.6 is 12.2 Å². The van der Waals surface area contributed by atoms with Crippen molar-refractivity contribution >= 4 is 44.4 Å². The maximum Gasteiger partial charge on any atom is 0.261 e. The van der Waals surface area contributed by atoms with Crippen molar-refractivity contribution in [3.8, 4) is 11.5 Å². The molecule has 9 heteroatoms. The molecule has 0 atom stereocenters. The quantitative estimate of drug-likeness (QED) is 0.469. The van der Waals surface area contributed by atoms with E-state index in [1.165, 1.54) is 12.1 Å². The molecule has 7 nitrogen and oxygen atoms in total. The maximum absolute atomic E-state index is 12.6. The van der Waals surface area contributed by atoms with Crippen molar-refractivity contribution in [1.29, 1.82) is 0 Å². The predicted molar refractivity (Wildman–Crippen MR) is 123 cm³/mol. The van der Waals surface area contributed by atoms with Crippen molar-refractivity contribution < 1.29 is 17.9 Å². The summed E-state index contributed by atoms with van der Waals surface area (Å²) >= 11 is 5.31. The highest BCUT2D eigenvalue weighted by Crippen LogP contribution is 2.21. The lowest BCUT2D eigenvalue weighted by Gasteiger charge is -2.12. The van der Waals surface area contributed by atoms with E-state index in [4.69, 9.17) is 21.7 Å². The van der Waals surface area contributed by atoms with Crippen molar-refractivity contribution in [2.24, 2.45) is 0 Å². The third-order valence-electron chi connectivity index (χ3n) is 4.09. The van der Waals surface area contributed by atoms with E-state index < -0.39 is 10.0 Å². The third kappa shape index (κ3) is 5.62. The highest BCUT2D eigenvalue weighted by Gasteiger charge is 2.14. The molecule has 3 rings (SSSR count). The smallest absolute Gasteiger partial charge is 0.261 e. The molecule has 0 unspecified atom stereocenters. The van der Waals surface area contributed by atoms with Crippen molar-refractivity contribution in [3.63, 3.8) is 0 Å². The van der Waals surface area contributed by atoms with Crippen molar-refractivity contribution in [1.82, 2.24) is 0 Å². The van der Waals surface area contributed by atoms with Crippen molar-refractivity contribution in [3.05, 3.63) is 72.8 Å². The maximum atomic E-state index is 12.6. The molecule has 0 fully saturated rings. The molecular formula is C21H21N3O4S2. The van der Waals surface area contributed by atoms with Crippen LogP contribution in [0.4, 0.5) is 17.1 Å². The highest BCUT2D eigenvalue weighted by atomic mass is 32.2. The average molecular weight is 444 g/mol. The molecule has 0 saturated heterocycles. The first-order valence-corrected chi connectivity index (χ1v) is 10.8. The lowest BCUT2D eigenvalue weighted by molar-refractivity contribution is 0.415. The Balaban J connectivity index is 1.63. The number of thiocarbonyl (C=S) groups is 1. The molecule has 0 heterocycles. The van der Waals surface area contributed by atoms with Crippen LogP contribution in [-0.2, 0) is 10.0 Å². The number of ether oxygens (including phenoxy) is 2. The van der Waals surface area contributed by atoms with Crippen molar-refractivity contribution in [2.45, 2.75) is 4.90 Å². The molecule has 0 aliphatic heterocycles. The predicted octanol–water partition coefficient (Wildman–Crippen LogP) is 4.31. The van der Waals surface area contributed by atoms with Gasteiger partial charge in [0, 0.05) is 23.1 Å². The van der Waals surface area contributed by atoms with E-state index in [1.807, 2.05) is 24.3 Å². The van der Waals surface area contributed by atoms with Gasteiger partial charge in [-0.25, -0.2) is 8.42 Å². The number of nitrogens with one attached hydrogen (secondary N) is 3. The van der Waals surface area contributed by atoms with Gasteiger partial charge >= 0.3 is 0 Å². The average Bonchev–Trinajstić information content (AvgIpc) is 2.74. The molecule has 3 aromatic rings. The number of hydrogen-bond acceptors (Lipinski definition) is 5. The zero-order chi connectivity index (χ0) is 21.6. The van der Waals surface area contributed by atoms with Gasteiger partial charge in [0.05, 0.1) is 19.1 Å². The monoisotopic (exact) mass is 443 g/mol. The zero-order valence-electron chi connectivity index (χ0n) is 16.4. The summed E-state index contributed by atoms with van der Waals surface area (Å²) in [7, 11) is -0.575. The zero-order valence-corrected chi connectivity index (χ0v) is 18.0. The molecule has 0 aliphatic rings. The third-order valence-corrected chi connectivity index (χ3v) is 5.69. The molecule has 0 saturated carbocycles. The summed E-state index contributed by atoms with van der Waals surface area (Å²) in [6.45, 7) is 0. The molecule has 0 aliphatic carbocycles. The molecule has 3 N–H and O–H groups in total. The first-order chi connectivity index (χ1) is 14.4. The number of benzene rings is 3. The van der Waals surface area contributed by atoms with Gasteiger partial charge in [-0.15, -0.1) is 0 Å². The second kappa shape index (κ2) is 9.47. The summed E-state index contributed by atoms with van der Waals surface area (Å²) < 4.78 is 37.9. The van der Waals surface area contributed by atoms with Crippen LogP contribution < -0.4 is 24.8 Å². The minimum Gasteiger partial charge on any atom is -0.497 e. The summed E-state index contributed by atoms with van der Waals surface area (Å²) in [6, 6.07) is 20.3. The van der Waals surface area contributed by atoms with Crippen LogP contribution in [-0.4, -0.2) is 27.7 Å². The fourth-order valence-corrected chi connectivity index (χ4v) is 3.88. The normalized spacial score (nSPS) is 10.7. The van der Waals surface area contributed by atoms with Gasteiger partial charge in [-0.2, -0.15) is 0 Å². The van der Waals surface area contributed by atoms with Crippen LogP contribution in [0.3, 0.4) is 0 Å². The summed E-state index contributed by atoms with van der Waals surface area (Å²) in [5.74, 6) is 1.36. The van der Waals surface area contributed by atoms with E-state index in [-0.39, 0.29) is 4.90 Å². The van der Waals surface area contributed by atoms with Crippen LogP contribution in [0.5, 0.6) is 11.5 Å². The number of sulfonamides is 1. The van der Waals surface area contributed by atoms with E-state index in [0.29, 0.717) is 28.0 Å². The molecule has 3 aromatic carbocycles. The summed E-state index contributed by atoms with van der Waals surface area (Å²) in [5.41, 5.74) is 1.87. The number of methoxy groups -OCH3 is 2. The van der Waals surface area contributed by atoms with Crippen LogP contribution in [0.1, 0.15) is 0 Å². The Morgan fingerprint density at radius 2 is 1.37 bits per heavy atom. The molecule has 0 spiro atoms. The molecular weight excluding hydrogens is 422 g/mol. The first kappa shape index (κ1) is 21.4. The summed E-state index contributed by atoms with van der Waals surface area (Å²) in [4.78, 5) is 0.135. The van der Waals surface area contributed by atoms with Gasteiger partial charge in [-0.1, -0.05) is 6.07 Å². The van der Waals surface area contributed by atoms with Gasteiger partial charge in [0.1, 0.15) is 11.5 Å². The second-order valence-corrected chi connectivity index (χ2v) is 8.26. The van der Waals surface area contributed by atoms with Gasteiger partial charge in [0.25, 0.3) is 10.0 Å². The van der Waals surface area contributed by atoms with Crippen LogP contribution in [0.25, 0.3) is 0 Å². The van der Waals surface area contributed by atoms with E-state index in [1.54, 1.807) is 50.6 Å². The van der Waals surface area contributed by atoms with E-state index >= 15 is 0 Å². The largest absolute Gasteiger partial charge is 0.497 e. The Morgan fingerprint density at radius 1 is 0.767 bits per heavy atom. The lowest BCUT2D eigenvalue weighted by atomic mass is 10.3. The summed E-state index contributed by atoms with van der Waals surface area (Å²) in [5, 5.41) is 6.44. The van der Waals surface area contributed by atoms with Crippen LogP contribution in [0.15, 0.2) is 77.7 Å². The lowest BCUT2D eigenvalue weighted by Crippen LogP contribution is -2.19. The fraction of sp³-hybridized carbons (Fsp3) is 0.0952. The topological polar surface area (TPSA) is 88.7 Å². The van der Waals surface area contributed by atoms with E-state index in [2.05, 4.69) is 15.4 Å². The Labute approximate surface area is 181 Å². The van der Waals surface area contributed by atoms with E-state index in [0.717, 1.165) is 5.69 Å². The Morgan fingerprint density at radius 3 is 2.00 bits per heavy atom. The Kier molecular flexibility index (Phi) is 6.76. The second-order valence-electron chi connectivity index (χ2n) is 6.17. The van der Waals surface area contributed by atoms with Gasteiger partial charge in [0.15, 0.2) is 5.11 Å². The Bertz CT molecular complexity index is 1120. The number of anilines is 3. The minimum absolute atomic E-state index is 0.135. The fourth-order valence-electron chi connectivity index (χ4n) is 2.58. The molecule has 0 radical (unpaired) electrons. The molecule has 0 aromatic heterocycles. The van der Waals surface area contributed by atoms with Crippen LogP contribution in [0.2, 0.25) is 0 Å². The highest BCUT2D eigenvalue weighted by molar-refractivity contribution is 7.92. The van der Waals surface area contributed by atoms with Crippen LogP contribution in [0, 0.1) is 0 Å². The standard InChI is InChI=1S/C21H21N3O4S2/c1-27-18-10-6-16(7-11-18)24-30(25,26)20-12-8-15(9-13-20)22-21(29)23-17-4-3-5-19(14-17)28-2/h3-14,24H,1-2H3,(H2,22,23,29). The molecule has 0 amide bonds. The van der Waals surface area contributed by atoms with Gasteiger partial charge in [0.2, 0.25) is 0 Å². The summed E-state index contributed by atoms with van der Waals surface area (Å²) in [6.07, 6.45) is 0. The SMILES string of the molecule is COc1ccc(NS(=O)(=O)c2ccc(NC(=S)Nc3cccc(OC)c3)cc2)cc1. The van der Waals surface area contributed by atoms with Gasteiger partial charge in [-0.05, 0) is 72.9 Å². The molecule has 30 heavy (non-hydrogen) atoms. The number of rotatable bonds is 7. The van der Waals surface area contributed by atoms with E-state index in [9.17, 15) is 8.42 Å². The molecule has 156 valence electrons. The van der Waals surface area contributed by atoms with Gasteiger partial charge in [-0.3, -0.25) is 4.72 Å². The molecule has 0 bridgehead atoms. The first-order valence-electron chi connectivity index (χ1n) is 8.88. The van der Waals surface area contributed by atoms with Gasteiger partial charge < -0.3 is 20.1 Å². The Hall–Kier alpha value is -3.30. The van der Waals surface area contributed by atoms with Crippen molar-refractivity contribution in [2.75, 3.05) is 29.6 Å².